The minimum atomic E-state index is -2.10. The summed E-state index contributed by atoms with van der Waals surface area (Å²) in [7, 11) is 0. The van der Waals surface area contributed by atoms with Gasteiger partial charge in [-0.25, -0.2) is 0 Å². The zero-order valence-electron chi connectivity index (χ0n) is 16.5. The summed E-state index contributed by atoms with van der Waals surface area (Å²) in [5, 5.41) is 6.07. The van der Waals surface area contributed by atoms with E-state index >= 15 is 0 Å². The second kappa shape index (κ2) is 8.00. The summed E-state index contributed by atoms with van der Waals surface area (Å²) in [4.78, 5) is 0. The Hall–Kier alpha value is -2.26. The third-order valence-electron chi connectivity index (χ3n) is 6.40. The topological polar surface area (TPSA) is 0 Å². The summed E-state index contributed by atoms with van der Waals surface area (Å²) in [6.07, 6.45) is 0. The van der Waals surface area contributed by atoms with Crippen LogP contribution in [0, 0.1) is 0 Å². The van der Waals surface area contributed by atoms with Crippen molar-refractivity contribution in [3.8, 4) is 0 Å². The normalized spacial score (nSPS) is 13.1. The fourth-order valence-corrected chi connectivity index (χ4v) is 19.9. The average Bonchev–Trinajstić information content (AvgIpc) is 2.80. The molecule has 0 nitrogen and oxygen atoms in total. The summed E-state index contributed by atoms with van der Waals surface area (Å²) < 4.78 is 0. The van der Waals surface area contributed by atoms with E-state index in [1.165, 1.54) is 21.2 Å². The molecule has 0 aliphatic heterocycles. The van der Waals surface area contributed by atoms with E-state index in [2.05, 4.69) is 135 Å². The van der Waals surface area contributed by atoms with Gasteiger partial charge in [-0.05, 0) is 0 Å². The fourth-order valence-electron chi connectivity index (χ4n) is 4.57. The van der Waals surface area contributed by atoms with Crippen LogP contribution in [0.4, 0.5) is 0 Å². The van der Waals surface area contributed by atoms with Crippen LogP contribution in [-0.2, 0) is 0 Å². The van der Waals surface area contributed by atoms with Crippen LogP contribution in [0.5, 0.6) is 0 Å². The van der Waals surface area contributed by atoms with Crippen LogP contribution in [-0.4, -0.2) is 13.3 Å². The first-order valence-corrected chi connectivity index (χ1v) is 15.9. The van der Waals surface area contributed by atoms with E-state index in [-0.39, 0.29) is 0 Å². The van der Waals surface area contributed by atoms with Gasteiger partial charge in [0.25, 0.3) is 0 Å². The Bertz CT molecular complexity index is 847. The van der Waals surface area contributed by atoms with Crippen LogP contribution in [0.25, 0.3) is 0 Å². The first kappa shape index (κ1) is 19.1. The van der Waals surface area contributed by atoms with Crippen LogP contribution < -0.4 is 21.2 Å². The molecular formula is C26H28P2. The molecule has 0 N–H and O–H groups in total. The third kappa shape index (κ3) is 3.12. The van der Waals surface area contributed by atoms with E-state index in [1.807, 2.05) is 0 Å². The van der Waals surface area contributed by atoms with E-state index in [9.17, 15) is 0 Å². The predicted molar refractivity (Wildman–Crippen MR) is 133 cm³/mol. The van der Waals surface area contributed by atoms with E-state index in [4.69, 9.17) is 0 Å². The Morgan fingerprint density at radius 1 is 0.321 bits per heavy atom. The van der Waals surface area contributed by atoms with Crippen molar-refractivity contribution in [2.45, 2.75) is 0 Å². The van der Waals surface area contributed by atoms with Gasteiger partial charge >= 0.3 is 170 Å². The summed E-state index contributed by atoms with van der Waals surface area (Å²) in [6.45, 7) is 0.978. The fraction of sp³-hybridized carbons (Fsp3) is 0.0769. The van der Waals surface area contributed by atoms with Crippen molar-refractivity contribution in [2.75, 3.05) is 13.3 Å². The SMILES string of the molecule is C[PH](c1ccccc1)(c1ccccc1)[PH](C)(c1ccccc1)c1ccccc1. The molecule has 0 aliphatic rings. The average molecular weight is 402 g/mol. The van der Waals surface area contributed by atoms with Crippen LogP contribution in [0.2, 0.25) is 0 Å². The van der Waals surface area contributed by atoms with E-state index < -0.39 is 13.9 Å². The van der Waals surface area contributed by atoms with Gasteiger partial charge in [-0.2, -0.15) is 0 Å². The summed E-state index contributed by atoms with van der Waals surface area (Å²) in [6, 6.07) is 45.0. The van der Waals surface area contributed by atoms with Crippen molar-refractivity contribution in [3.05, 3.63) is 121 Å². The second-order valence-electron chi connectivity index (χ2n) is 7.71. The molecular weight excluding hydrogens is 374 g/mol. The Morgan fingerprint density at radius 2 is 0.500 bits per heavy atom. The molecule has 0 amide bonds. The van der Waals surface area contributed by atoms with Crippen molar-refractivity contribution in [1.29, 1.82) is 0 Å². The molecule has 4 aromatic carbocycles. The van der Waals surface area contributed by atoms with E-state index in [0.29, 0.717) is 0 Å². The van der Waals surface area contributed by atoms with Gasteiger partial charge in [0.05, 0.1) is 0 Å². The van der Waals surface area contributed by atoms with Gasteiger partial charge < -0.3 is 0 Å². The molecule has 4 aromatic rings. The van der Waals surface area contributed by atoms with Crippen molar-refractivity contribution >= 4 is 35.1 Å². The molecule has 28 heavy (non-hydrogen) atoms. The quantitative estimate of drug-likeness (QED) is 0.414. The Labute approximate surface area is 169 Å². The standard InChI is InChI=1S/C26H28P2/c1-27(23-15-7-3-8-16-23,24-17-9-4-10-18-24)28(2,25-19-11-5-12-20-25)26-21-13-6-14-22-26/h3-22,27-28H,1-2H3. The van der Waals surface area contributed by atoms with Crippen molar-refractivity contribution in [2.24, 2.45) is 0 Å². The van der Waals surface area contributed by atoms with Gasteiger partial charge in [0, 0.05) is 0 Å². The first-order valence-electron chi connectivity index (χ1n) is 9.89. The van der Waals surface area contributed by atoms with E-state index in [0.717, 1.165) is 0 Å². The Balaban J connectivity index is 2.09. The molecule has 0 fully saturated rings. The van der Waals surface area contributed by atoms with Crippen molar-refractivity contribution in [3.63, 3.8) is 0 Å². The molecule has 0 radical (unpaired) electrons. The summed E-state index contributed by atoms with van der Waals surface area (Å²) >= 11 is 0. The molecule has 0 heterocycles. The molecule has 0 aromatic heterocycles. The van der Waals surface area contributed by atoms with Crippen molar-refractivity contribution in [1.82, 2.24) is 0 Å². The molecule has 142 valence electrons. The molecule has 0 aliphatic carbocycles. The third-order valence-corrected chi connectivity index (χ3v) is 23.8. The van der Waals surface area contributed by atoms with Gasteiger partial charge in [-0.1, -0.05) is 0 Å². The zero-order chi connectivity index (χ0) is 19.5. The predicted octanol–water partition coefficient (Wildman–Crippen LogP) is 4.96. The number of benzene rings is 4. The van der Waals surface area contributed by atoms with Gasteiger partial charge in [-0.3, -0.25) is 0 Å². The molecule has 2 heteroatoms. The maximum absolute atomic E-state index is 2.59. The Kier molecular flexibility index (Phi) is 5.45. The van der Waals surface area contributed by atoms with Gasteiger partial charge in [0.2, 0.25) is 0 Å². The number of rotatable bonds is 5. The molecule has 0 saturated carbocycles. The molecule has 0 spiro atoms. The summed E-state index contributed by atoms with van der Waals surface area (Å²) in [5.74, 6) is 0. The van der Waals surface area contributed by atoms with Crippen LogP contribution in [0.3, 0.4) is 0 Å². The monoisotopic (exact) mass is 402 g/mol. The Morgan fingerprint density at radius 3 is 0.679 bits per heavy atom. The molecule has 0 saturated heterocycles. The first-order chi connectivity index (χ1) is 13.7. The summed E-state index contributed by atoms with van der Waals surface area (Å²) in [5.41, 5.74) is 0. The van der Waals surface area contributed by atoms with E-state index in [1.54, 1.807) is 0 Å². The van der Waals surface area contributed by atoms with Gasteiger partial charge in [-0.15, -0.1) is 0 Å². The molecule has 0 atom stereocenters. The van der Waals surface area contributed by atoms with Crippen LogP contribution in [0.1, 0.15) is 0 Å². The molecule has 0 unspecified atom stereocenters. The minimum absolute atomic E-state index is 1.52. The van der Waals surface area contributed by atoms with Crippen LogP contribution >= 0.6 is 13.9 Å². The number of hydrogen-bond donors (Lipinski definition) is 0. The maximum atomic E-state index is 2.59. The number of hydrogen-bond acceptors (Lipinski definition) is 0. The molecule has 4 rings (SSSR count). The van der Waals surface area contributed by atoms with Gasteiger partial charge in [0.1, 0.15) is 0 Å². The van der Waals surface area contributed by atoms with Crippen LogP contribution in [0.15, 0.2) is 121 Å². The molecule has 0 bridgehead atoms. The zero-order valence-corrected chi connectivity index (χ0v) is 18.5. The van der Waals surface area contributed by atoms with Crippen molar-refractivity contribution < 1.29 is 0 Å². The second-order valence-corrected chi connectivity index (χ2v) is 20.5. The van der Waals surface area contributed by atoms with Gasteiger partial charge in [0.15, 0.2) is 0 Å².